The maximum atomic E-state index is 10.9. The molecule has 0 fully saturated rings. The zero-order valence-electron chi connectivity index (χ0n) is 8.60. The number of fused-ring (bicyclic) bond motifs is 1. The van der Waals surface area contributed by atoms with Crippen LogP contribution in [-0.4, -0.2) is 22.6 Å². The zero-order chi connectivity index (χ0) is 11.7. The smallest absolute Gasteiger partial charge is 0.311 e. The monoisotopic (exact) mass is 238 g/mol. The Morgan fingerprint density at radius 2 is 2.38 bits per heavy atom. The van der Waals surface area contributed by atoms with Crippen molar-refractivity contribution in [3.05, 3.63) is 33.9 Å². The highest BCUT2D eigenvalue weighted by Crippen LogP contribution is 2.32. The molecule has 5 nitrogen and oxygen atoms in total. The van der Waals surface area contributed by atoms with Gasteiger partial charge in [-0.2, -0.15) is 0 Å². The summed E-state index contributed by atoms with van der Waals surface area (Å²) >= 11 is 5.13. The van der Waals surface area contributed by atoms with E-state index in [9.17, 15) is 10.1 Å². The molecule has 1 atom stereocenters. The summed E-state index contributed by atoms with van der Waals surface area (Å²) in [6, 6.07) is 4.74. The number of nitrogens with one attached hydrogen (secondary N) is 1. The van der Waals surface area contributed by atoms with Crippen molar-refractivity contribution in [2.24, 2.45) is 0 Å². The van der Waals surface area contributed by atoms with Crippen molar-refractivity contribution < 1.29 is 9.66 Å². The van der Waals surface area contributed by atoms with E-state index in [1.807, 2.05) is 6.92 Å². The fourth-order valence-electron chi connectivity index (χ4n) is 1.55. The largest absolute Gasteiger partial charge is 0.481 e. The summed E-state index contributed by atoms with van der Waals surface area (Å²) in [5.74, 6) is 0.259. The third-order valence-electron chi connectivity index (χ3n) is 2.30. The number of benzene rings is 1. The standard InChI is InChI=1S/C10H10N2O3S/c1-6-5-11-10(16)7-3-2-4-8(12(13)14)9(7)15-6/h2-4,6H,5H2,1H3,(H,11,16)/t6-/m0/s1. The molecule has 0 radical (unpaired) electrons. The van der Waals surface area contributed by atoms with E-state index in [0.29, 0.717) is 17.1 Å². The van der Waals surface area contributed by atoms with Crippen molar-refractivity contribution in [3.8, 4) is 5.75 Å². The third-order valence-corrected chi connectivity index (χ3v) is 2.67. The Bertz CT molecular complexity index is 461. The number of nitro groups is 1. The molecule has 0 bridgehead atoms. The van der Waals surface area contributed by atoms with Crippen molar-refractivity contribution in [1.82, 2.24) is 5.32 Å². The van der Waals surface area contributed by atoms with Gasteiger partial charge in [0.05, 0.1) is 17.0 Å². The number of hydrogen-bond acceptors (Lipinski definition) is 4. The Morgan fingerprint density at radius 3 is 3.06 bits per heavy atom. The topological polar surface area (TPSA) is 64.4 Å². The van der Waals surface area contributed by atoms with Crippen LogP contribution in [0.1, 0.15) is 12.5 Å². The van der Waals surface area contributed by atoms with Gasteiger partial charge in [-0.3, -0.25) is 10.1 Å². The van der Waals surface area contributed by atoms with Crippen LogP contribution in [0.3, 0.4) is 0 Å². The lowest BCUT2D eigenvalue weighted by Gasteiger charge is -2.11. The van der Waals surface area contributed by atoms with Gasteiger partial charge in [-0.25, -0.2) is 0 Å². The number of nitro benzene ring substituents is 1. The molecule has 1 N–H and O–H groups in total. The Kier molecular flexibility index (Phi) is 2.74. The van der Waals surface area contributed by atoms with E-state index in [1.165, 1.54) is 6.07 Å². The average molecular weight is 238 g/mol. The van der Waals surface area contributed by atoms with E-state index in [-0.39, 0.29) is 17.5 Å². The number of para-hydroxylation sites is 1. The molecular weight excluding hydrogens is 228 g/mol. The first-order valence-corrected chi connectivity index (χ1v) is 5.22. The van der Waals surface area contributed by atoms with Crippen LogP contribution < -0.4 is 10.1 Å². The van der Waals surface area contributed by atoms with Gasteiger partial charge in [-0.15, -0.1) is 0 Å². The van der Waals surface area contributed by atoms with Crippen LogP contribution in [0.15, 0.2) is 18.2 Å². The van der Waals surface area contributed by atoms with Crippen molar-refractivity contribution in [2.45, 2.75) is 13.0 Å². The summed E-state index contributed by atoms with van der Waals surface area (Å²) in [4.78, 5) is 10.9. The minimum atomic E-state index is -0.459. The number of thiocarbonyl (C=S) groups is 1. The highest BCUT2D eigenvalue weighted by molar-refractivity contribution is 7.80. The molecule has 0 spiro atoms. The molecule has 1 aromatic carbocycles. The normalized spacial score (nSPS) is 19.1. The summed E-state index contributed by atoms with van der Waals surface area (Å²) in [6.45, 7) is 2.38. The van der Waals surface area contributed by atoms with Gasteiger partial charge in [0.25, 0.3) is 0 Å². The molecule has 1 aliphatic heterocycles. The van der Waals surface area contributed by atoms with Crippen LogP contribution in [0.4, 0.5) is 5.69 Å². The van der Waals surface area contributed by atoms with Crippen LogP contribution in [0.5, 0.6) is 5.75 Å². The summed E-state index contributed by atoms with van der Waals surface area (Å²) in [6.07, 6.45) is -0.153. The lowest BCUT2D eigenvalue weighted by atomic mass is 10.1. The first-order chi connectivity index (χ1) is 7.59. The van der Waals surface area contributed by atoms with Crippen LogP contribution in [-0.2, 0) is 0 Å². The van der Waals surface area contributed by atoms with Crippen molar-refractivity contribution in [1.29, 1.82) is 0 Å². The maximum Gasteiger partial charge on any atom is 0.311 e. The molecule has 0 amide bonds. The first-order valence-electron chi connectivity index (χ1n) is 4.82. The molecule has 1 heterocycles. The summed E-state index contributed by atoms with van der Waals surface area (Å²) < 4.78 is 5.53. The second kappa shape index (κ2) is 4.05. The molecule has 2 rings (SSSR count). The summed E-state index contributed by atoms with van der Waals surface area (Å²) in [5, 5.41) is 13.9. The van der Waals surface area contributed by atoms with Gasteiger partial charge < -0.3 is 10.1 Å². The second-order valence-corrected chi connectivity index (χ2v) is 3.96. The second-order valence-electron chi connectivity index (χ2n) is 3.55. The molecule has 0 unspecified atom stereocenters. The van der Waals surface area contributed by atoms with E-state index >= 15 is 0 Å². The highest BCUT2D eigenvalue weighted by Gasteiger charge is 2.25. The number of hydrogen-bond donors (Lipinski definition) is 1. The third kappa shape index (κ3) is 1.83. The van der Waals surface area contributed by atoms with Crippen LogP contribution >= 0.6 is 12.2 Å². The van der Waals surface area contributed by atoms with Crippen molar-refractivity contribution >= 4 is 22.9 Å². The molecule has 6 heteroatoms. The van der Waals surface area contributed by atoms with Gasteiger partial charge in [0.2, 0.25) is 5.75 Å². The predicted octanol–water partition coefficient (Wildman–Crippen LogP) is 1.64. The number of nitrogens with zero attached hydrogens (tertiary/aromatic N) is 1. The minimum Gasteiger partial charge on any atom is -0.481 e. The van der Waals surface area contributed by atoms with Crippen molar-refractivity contribution in [2.75, 3.05) is 6.54 Å². The van der Waals surface area contributed by atoms with Crippen LogP contribution in [0.2, 0.25) is 0 Å². The van der Waals surface area contributed by atoms with Crippen LogP contribution in [0, 0.1) is 10.1 Å². The van der Waals surface area contributed by atoms with E-state index in [2.05, 4.69) is 5.32 Å². The Balaban J connectivity index is 2.58. The first kappa shape index (κ1) is 10.8. The van der Waals surface area contributed by atoms with Gasteiger partial charge in [0.15, 0.2) is 0 Å². The van der Waals surface area contributed by atoms with E-state index in [0.717, 1.165) is 0 Å². The Morgan fingerprint density at radius 1 is 1.62 bits per heavy atom. The lowest BCUT2D eigenvalue weighted by Crippen LogP contribution is -2.29. The Hall–Kier alpha value is -1.69. The minimum absolute atomic E-state index is 0.0459. The molecule has 84 valence electrons. The quantitative estimate of drug-likeness (QED) is 0.458. The highest BCUT2D eigenvalue weighted by atomic mass is 32.1. The molecule has 0 aliphatic carbocycles. The number of ether oxygens (including phenoxy) is 1. The van der Waals surface area contributed by atoms with Crippen LogP contribution in [0.25, 0.3) is 0 Å². The van der Waals surface area contributed by atoms with Gasteiger partial charge in [0, 0.05) is 6.07 Å². The number of rotatable bonds is 1. The molecular formula is C10H10N2O3S. The van der Waals surface area contributed by atoms with Gasteiger partial charge in [0.1, 0.15) is 11.1 Å². The van der Waals surface area contributed by atoms with Gasteiger partial charge in [-0.1, -0.05) is 18.3 Å². The predicted molar refractivity (Wildman–Crippen MR) is 62.9 cm³/mol. The zero-order valence-corrected chi connectivity index (χ0v) is 9.41. The van der Waals surface area contributed by atoms with E-state index in [4.69, 9.17) is 17.0 Å². The van der Waals surface area contributed by atoms with Gasteiger partial charge in [-0.05, 0) is 13.0 Å². The molecule has 1 aromatic rings. The van der Waals surface area contributed by atoms with Gasteiger partial charge >= 0.3 is 5.69 Å². The SMILES string of the molecule is C[C@H]1CNC(=S)c2cccc([N+](=O)[O-])c2O1. The summed E-state index contributed by atoms with van der Waals surface area (Å²) in [7, 11) is 0. The fraction of sp³-hybridized carbons (Fsp3) is 0.300. The fourth-order valence-corrected chi connectivity index (χ4v) is 1.79. The molecule has 0 aromatic heterocycles. The lowest BCUT2D eigenvalue weighted by molar-refractivity contribution is -0.386. The molecule has 0 saturated heterocycles. The average Bonchev–Trinajstić information content (AvgIpc) is 2.38. The Labute approximate surface area is 97.6 Å². The summed E-state index contributed by atoms with van der Waals surface area (Å²) in [5.41, 5.74) is 0.531. The molecule has 16 heavy (non-hydrogen) atoms. The van der Waals surface area contributed by atoms with Crippen molar-refractivity contribution in [3.63, 3.8) is 0 Å². The van der Waals surface area contributed by atoms with E-state index in [1.54, 1.807) is 12.1 Å². The van der Waals surface area contributed by atoms with E-state index < -0.39 is 4.92 Å². The molecule has 0 saturated carbocycles. The molecule has 1 aliphatic rings. The maximum absolute atomic E-state index is 10.9.